The summed E-state index contributed by atoms with van der Waals surface area (Å²) in [5, 5.41) is 4.48. The van der Waals surface area contributed by atoms with E-state index >= 15 is 0 Å². The summed E-state index contributed by atoms with van der Waals surface area (Å²) in [6.45, 7) is -1.47. The molecule has 0 atom stereocenters. The first kappa shape index (κ1) is 17.7. The minimum Gasteiger partial charge on any atom is -0.343 e. The van der Waals surface area contributed by atoms with E-state index in [-0.39, 0.29) is 16.9 Å². The molecule has 0 aliphatic rings. The van der Waals surface area contributed by atoms with Gasteiger partial charge in [0.1, 0.15) is 12.2 Å². The van der Waals surface area contributed by atoms with Gasteiger partial charge in [0.25, 0.3) is 11.8 Å². The number of hydrogen-bond donors (Lipinski definition) is 2. The molecule has 1 aromatic heterocycles. The number of para-hydroxylation sites is 1. The Balaban J connectivity index is 2.16. The Morgan fingerprint density at radius 2 is 1.83 bits per heavy atom. The highest BCUT2D eigenvalue weighted by Gasteiger charge is 2.28. The van der Waals surface area contributed by atoms with Crippen molar-refractivity contribution in [3.63, 3.8) is 0 Å². The molecule has 0 fully saturated rings. The molecule has 2 aromatic rings. The molecule has 0 unspecified atom stereocenters. The van der Waals surface area contributed by atoms with Gasteiger partial charge < -0.3 is 10.6 Å². The summed E-state index contributed by atoms with van der Waals surface area (Å²) in [4.78, 5) is 27.8. The minimum absolute atomic E-state index is 0.00741. The molecule has 0 bridgehead atoms. The normalized spacial score (nSPS) is 11.0. The summed E-state index contributed by atoms with van der Waals surface area (Å²) in [6, 6.07) is 8.50. The Bertz CT molecular complexity index is 766. The standard InChI is InChI=1S/C15H11ClF3N3O2/c16-9-5-6-20-12(7-9)14(24)22-11-4-2-1-3-10(11)13(23)21-8-15(17,18)19/h1-7H,8H2,(H,21,23)(H,22,24). The molecule has 5 nitrogen and oxygen atoms in total. The summed E-state index contributed by atoms with van der Waals surface area (Å²) in [5.74, 6) is -1.60. The van der Waals surface area contributed by atoms with Gasteiger partial charge in [-0.3, -0.25) is 14.6 Å². The summed E-state index contributed by atoms with van der Waals surface area (Å²) in [6.07, 6.45) is -3.20. The molecular weight excluding hydrogens is 347 g/mol. The van der Waals surface area contributed by atoms with Crippen molar-refractivity contribution in [1.29, 1.82) is 0 Å². The zero-order valence-corrected chi connectivity index (χ0v) is 12.8. The molecule has 0 saturated carbocycles. The van der Waals surface area contributed by atoms with Gasteiger partial charge >= 0.3 is 6.18 Å². The number of carbonyl (C=O) groups is 2. The van der Waals surface area contributed by atoms with E-state index in [1.54, 1.807) is 5.32 Å². The molecule has 1 heterocycles. The van der Waals surface area contributed by atoms with Gasteiger partial charge in [-0.05, 0) is 24.3 Å². The Morgan fingerprint density at radius 1 is 1.12 bits per heavy atom. The Labute approximate surface area is 139 Å². The maximum Gasteiger partial charge on any atom is 0.405 e. The van der Waals surface area contributed by atoms with Gasteiger partial charge in [0.15, 0.2) is 0 Å². The number of hydrogen-bond acceptors (Lipinski definition) is 3. The van der Waals surface area contributed by atoms with E-state index in [4.69, 9.17) is 11.6 Å². The molecule has 2 rings (SSSR count). The number of carbonyl (C=O) groups excluding carboxylic acids is 2. The van der Waals surface area contributed by atoms with Crippen molar-refractivity contribution in [2.45, 2.75) is 6.18 Å². The van der Waals surface area contributed by atoms with Crippen LogP contribution in [0, 0.1) is 0 Å². The Kier molecular flexibility index (Phi) is 5.40. The highest BCUT2D eigenvalue weighted by molar-refractivity contribution is 6.31. The van der Waals surface area contributed by atoms with E-state index in [0.29, 0.717) is 5.02 Å². The molecule has 0 radical (unpaired) electrons. The van der Waals surface area contributed by atoms with Crippen molar-refractivity contribution in [3.8, 4) is 0 Å². The number of halogens is 4. The largest absolute Gasteiger partial charge is 0.405 e. The summed E-state index contributed by atoms with van der Waals surface area (Å²) in [7, 11) is 0. The lowest BCUT2D eigenvalue weighted by Crippen LogP contribution is -2.34. The van der Waals surface area contributed by atoms with Gasteiger partial charge in [-0.1, -0.05) is 23.7 Å². The van der Waals surface area contributed by atoms with E-state index in [2.05, 4.69) is 10.3 Å². The third-order valence-corrected chi connectivity index (χ3v) is 3.06. The number of rotatable bonds is 4. The third kappa shape index (κ3) is 4.95. The van der Waals surface area contributed by atoms with Crippen molar-refractivity contribution in [1.82, 2.24) is 10.3 Å². The lowest BCUT2D eigenvalue weighted by atomic mass is 10.1. The number of benzene rings is 1. The van der Waals surface area contributed by atoms with E-state index in [0.717, 1.165) is 0 Å². The second-order valence-electron chi connectivity index (χ2n) is 4.66. The number of nitrogens with zero attached hydrogens (tertiary/aromatic N) is 1. The number of pyridine rings is 1. The molecule has 0 spiro atoms. The quantitative estimate of drug-likeness (QED) is 0.882. The maximum atomic E-state index is 12.2. The molecule has 2 N–H and O–H groups in total. The third-order valence-electron chi connectivity index (χ3n) is 2.82. The predicted molar refractivity (Wildman–Crippen MR) is 82.0 cm³/mol. The van der Waals surface area contributed by atoms with Gasteiger partial charge in [-0.2, -0.15) is 13.2 Å². The van der Waals surface area contributed by atoms with E-state index in [1.165, 1.54) is 42.6 Å². The molecule has 1 aromatic carbocycles. The van der Waals surface area contributed by atoms with Crippen molar-refractivity contribution < 1.29 is 22.8 Å². The van der Waals surface area contributed by atoms with E-state index < -0.39 is 24.5 Å². The average Bonchev–Trinajstić information content (AvgIpc) is 2.52. The molecule has 0 aliphatic heterocycles. The fourth-order valence-electron chi connectivity index (χ4n) is 1.78. The van der Waals surface area contributed by atoms with Crippen LogP contribution < -0.4 is 10.6 Å². The second-order valence-corrected chi connectivity index (χ2v) is 5.09. The lowest BCUT2D eigenvalue weighted by Gasteiger charge is -2.12. The number of anilines is 1. The lowest BCUT2D eigenvalue weighted by molar-refractivity contribution is -0.123. The molecule has 9 heteroatoms. The van der Waals surface area contributed by atoms with Gasteiger partial charge in [0.2, 0.25) is 0 Å². The SMILES string of the molecule is O=C(Nc1ccccc1C(=O)NCC(F)(F)F)c1cc(Cl)ccn1. The van der Waals surface area contributed by atoms with Gasteiger partial charge in [-0.25, -0.2) is 0 Å². The van der Waals surface area contributed by atoms with Gasteiger partial charge in [0.05, 0.1) is 11.3 Å². The maximum absolute atomic E-state index is 12.2. The summed E-state index contributed by atoms with van der Waals surface area (Å²) < 4.78 is 36.6. The molecule has 24 heavy (non-hydrogen) atoms. The molecule has 0 saturated heterocycles. The second kappa shape index (κ2) is 7.31. The van der Waals surface area contributed by atoms with Gasteiger partial charge in [0, 0.05) is 11.2 Å². The Hall–Kier alpha value is -2.61. The number of amides is 2. The van der Waals surface area contributed by atoms with Crippen LogP contribution in [-0.4, -0.2) is 29.5 Å². The first-order valence-corrected chi connectivity index (χ1v) is 7.01. The minimum atomic E-state index is -4.53. The first-order valence-electron chi connectivity index (χ1n) is 6.63. The van der Waals surface area contributed by atoms with Crippen LogP contribution in [-0.2, 0) is 0 Å². The highest BCUT2D eigenvalue weighted by atomic mass is 35.5. The van der Waals surface area contributed by atoms with Crippen LogP contribution in [0.3, 0.4) is 0 Å². The fraction of sp³-hybridized carbons (Fsp3) is 0.133. The van der Waals surface area contributed by atoms with Crippen molar-refractivity contribution in [2.24, 2.45) is 0 Å². The van der Waals surface area contributed by atoms with Crippen molar-refractivity contribution in [3.05, 3.63) is 58.9 Å². The van der Waals surface area contributed by atoms with E-state index in [1.807, 2.05) is 0 Å². The first-order chi connectivity index (χ1) is 11.3. The summed E-state index contributed by atoms with van der Waals surface area (Å²) >= 11 is 5.77. The van der Waals surface area contributed by atoms with Crippen LogP contribution in [0.1, 0.15) is 20.8 Å². The number of nitrogens with one attached hydrogen (secondary N) is 2. The van der Waals surface area contributed by atoms with Crippen LogP contribution in [0.5, 0.6) is 0 Å². The summed E-state index contributed by atoms with van der Waals surface area (Å²) in [5.41, 5.74) is -0.0333. The molecule has 2 amide bonds. The van der Waals surface area contributed by atoms with E-state index in [9.17, 15) is 22.8 Å². The van der Waals surface area contributed by atoms with Crippen molar-refractivity contribution >= 4 is 29.1 Å². The zero-order chi connectivity index (χ0) is 17.7. The van der Waals surface area contributed by atoms with Crippen LogP contribution in [0.2, 0.25) is 5.02 Å². The van der Waals surface area contributed by atoms with Gasteiger partial charge in [-0.15, -0.1) is 0 Å². The molecular formula is C15H11ClF3N3O2. The molecule has 126 valence electrons. The van der Waals surface area contributed by atoms with Crippen LogP contribution in [0.25, 0.3) is 0 Å². The fourth-order valence-corrected chi connectivity index (χ4v) is 1.94. The highest BCUT2D eigenvalue weighted by Crippen LogP contribution is 2.18. The topological polar surface area (TPSA) is 71.1 Å². The molecule has 0 aliphatic carbocycles. The average molecular weight is 358 g/mol. The number of alkyl halides is 3. The monoisotopic (exact) mass is 357 g/mol. The smallest absolute Gasteiger partial charge is 0.343 e. The predicted octanol–water partition coefficient (Wildman–Crippen LogP) is 3.28. The van der Waals surface area contributed by atoms with Crippen LogP contribution in [0.15, 0.2) is 42.6 Å². The Morgan fingerprint density at radius 3 is 2.50 bits per heavy atom. The van der Waals surface area contributed by atoms with Crippen molar-refractivity contribution in [2.75, 3.05) is 11.9 Å². The van der Waals surface area contributed by atoms with Crippen LogP contribution in [0.4, 0.5) is 18.9 Å². The number of aromatic nitrogens is 1. The zero-order valence-electron chi connectivity index (χ0n) is 12.0. The van der Waals surface area contributed by atoms with Crippen LogP contribution >= 0.6 is 11.6 Å².